The van der Waals surface area contributed by atoms with E-state index in [9.17, 15) is 22.8 Å². The lowest BCUT2D eigenvalue weighted by Gasteiger charge is -2.28. The zero-order valence-electron chi connectivity index (χ0n) is 15.3. The topological polar surface area (TPSA) is 92.1 Å². The number of imidazole rings is 1. The molecule has 6 nitrogen and oxygen atoms in total. The average Bonchev–Trinajstić information content (AvgIpc) is 3.16. The van der Waals surface area contributed by atoms with E-state index in [4.69, 9.17) is 5.84 Å². The Morgan fingerprint density at radius 3 is 2.50 bits per heavy atom. The molecule has 150 valence electrons. The molecule has 3 rings (SSSR count). The largest absolute Gasteiger partial charge is 0.416 e. The van der Waals surface area contributed by atoms with Gasteiger partial charge in [-0.1, -0.05) is 12.1 Å². The number of carbonyl (C=O) groups is 2. The highest BCUT2D eigenvalue weighted by atomic mass is 19.4. The molecule has 0 spiro atoms. The summed E-state index contributed by atoms with van der Waals surface area (Å²) in [6.45, 7) is 1.24. The van der Waals surface area contributed by atoms with Crippen LogP contribution >= 0.6 is 0 Å². The molecule has 9 heteroatoms. The Morgan fingerprint density at radius 1 is 1.21 bits per heavy atom. The number of H-pyrrole nitrogens is 1. The second kappa shape index (κ2) is 7.75. The first-order valence-corrected chi connectivity index (χ1v) is 8.99. The summed E-state index contributed by atoms with van der Waals surface area (Å²) in [4.78, 5) is 30.9. The van der Waals surface area contributed by atoms with Gasteiger partial charge in [-0.3, -0.25) is 9.59 Å². The molecular weight excluding hydrogens is 373 g/mol. The number of nitrogens with zero attached hydrogens (tertiary/aromatic N) is 2. The highest BCUT2D eigenvalue weighted by Gasteiger charge is 2.32. The summed E-state index contributed by atoms with van der Waals surface area (Å²) in [5.41, 5.74) is 0.121. The van der Waals surface area contributed by atoms with Crippen molar-refractivity contribution < 1.29 is 22.8 Å². The molecular formula is C19H21F3N4O2. The smallest absolute Gasteiger partial charge is 0.348 e. The van der Waals surface area contributed by atoms with Gasteiger partial charge in [-0.25, -0.2) is 15.8 Å². The Kier molecular flexibility index (Phi) is 5.55. The van der Waals surface area contributed by atoms with Crippen LogP contribution in [0.1, 0.15) is 49.9 Å². The molecule has 1 aliphatic rings. The average molecular weight is 394 g/mol. The van der Waals surface area contributed by atoms with Crippen molar-refractivity contribution in [3.63, 3.8) is 0 Å². The van der Waals surface area contributed by atoms with Crippen LogP contribution < -0.4 is 5.84 Å². The van der Waals surface area contributed by atoms with Gasteiger partial charge in [-0.15, -0.1) is 0 Å². The van der Waals surface area contributed by atoms with Crippen LogP contribution in [0.2, 0.25) is 0 Å². The van der Waals surface area contributed by atoms with Crippen molar-refractivity contribution in [2.45, 2.75) is 44.7 Å². The first-order valence-electron chi connectivity index (χ1n) is 8.99. The van der Waals surface area contributed by atoms with Gasteiger partial charge >= 0.3 is 6.18 Å². The van der Waals surface area contributed by atoms with Crippen molar-refractivity contribution in [3.8, 4) is 11.3 Å². The van der Waals surface area contributed by atoms with Gasteiger partial charge in [0.1, 0.15) is 5.82 Å². The Morgan fingerprint density at radius 2 is 1.89 bits per heavy atom. The number of alkyl halides is 3. The standard InChI is InChI=1S/C19H21F3N4O2/c1-11(27)26(23)18(28)13-7-5-12(6-8-13)17-24-10-16(25-17)14-3-2-4-15(9-14)19(20,21)22/h2-4,9-10,12-13H,5-8,23H2,1H3,(H,24,25). The van der Waals surface area contributed by atoms with Gasteiger partial charge < -0.3 is 4.98 Å². The van der Waals surface area contributed by atoms with Crippen LogP contribution in [0.3, 0.4) is 0 Å². The molecule has 0 bridgehead atoms. The van der Waals surface area contributed by atoms with E-state index in [2.05, 4.69) is 9.97 Å². The number of carbonyl (C=O) groups excluding carboxylic acids is 2. The summed E-state index contributed by atoms with van der Waals surface area (Å²) in [6.07, 6.45) is -0.306. The normalized spacial score (nSPS) is 20.0. The van der Waals surface area contributed by atoms with Gasteiger partial charge in [-0.05, 0) is 37.8 Å². The number of halogens is 3. The SMILES string of the molecule is CC(=O)N(N)C(=O)C1CCC(c2nc(-c3cccc(C(F)(F)F)c3)c[nH]2)CC1. The van der Waals surface area contributed by atoms with Crippen molar-refractivity contribution in [3.05, 3.63) is 41.9 Å². The molecule has 1 saturated carbocycles. The van der Waals surface area contributed by atoms with E-state index in [1.54, 1.807) is 12.3 Å². The molecule has 2 aromatic rings. The number of amides is 2. The monoisotopic (exact) mass is 394 g/mol. The van der Waals surface area contributed by atoms with Crippen LogP contribution in [0.4, 0.5) is 13.2 Å². The van der Waals surface area contributed by atoms with Crippen molar-refractivity contribution in [2.24, 2.45) is 11.8 Å². The lowest BCUT2D eigenvalue weighted by Crippen LogP contribution is -2.45. The Labute approximate surface area is 159 Å². The van der Waals surface area contributed by atoms with E-state index >= 15 is 0 Å². The van der Waals surface area contributed by atoms with E-state index < -0.39 is 17.6 Å². The summed E-state index contributed by atoms with van der Waals surface area (Å²) in [5, 5.41) is 0.656. The number of nitrogens with one attached hydrogen (secondary N) is 1. The van der Waals surface area contributed by atoms with Crippen LogP contribution in [0.15, 0.2) is 30.5 Å². The predicted octanol–water partition coefficient (Wildman–Crippen LogP) is 3.62. The molecule has 3 N–H and O–H groups in total. The van der Waals surface area contributed by atoms with E-state index in [0.29, 0.717) is 47.8 Å². The maximum absolute atomic E-state index is 12.9. The second-order valence-corrected chi connectivity index (χ2v) is 7.03. The van der Waals surface area contributed by atoms with Gasteiger partial charge in [0.2, 0.25) is 11.8 Å². The predicted molar refractivity (Wildman–Crippen MR) is 95.4 cm³/mol. The van der Waals surface area contributed by atoms with Gasteiger partial charge in [0.05, 0.1) is 11.3 Å². The van der Waals surface area contributed by atoms with Crippen molar-refractivity contribution in [1.29, 1.82) is 0 Å². The van der Waals surface area contributed by atoms with E-state index in [-0.39, 0.29) is 17.7 Å². The number of imide groups is 1. The molecule has 1 fully saturated rings. The second-order valence-electron chi connectivity index (χ2n) is 7.03. The first kappa shape index (κ1) is 20.1. The third-order valence-corrected chi connectivity index (χ3v) is 5.12. The number of hydrazine groups is 1. The third kappa shape index (κ3) is 4.24. The number of nitrogens with two attached hydrogens (primary N) is 1. The van der Waals surface area contributed by atoms with Crippen LogP contribution in [0, 0.1) is 5.92 Å². The number of benzene rings is 1. The molecule has 0 radical (unpaired) electrons. The lowest BCUT2D eigenvalue weighted by atomic mass is 9.81. The van der Waals surface area contributed by atoms with Crippen LogP contribution in [-0.2, 0) is 15.8 Å². The molecule has 0 atom stereocenters. The molecule has 1 heterocycles. The van der Waals surface area contributed by atoms with E-state index in [0.717, 1.165) is 12.1 Å². The molecule has 28 heavy (non-hydrogen) atoms. The minimum atomic E-state index is -4.41. The van der Waals surface area contributed by atoms with Gasteiger partial charge in [0.15, 0.2) is 0 Å². The highest BCUT2D eigenvalue weighted by Crippen LogP contribution is 2.36. The number of aromatic amines is 1. The summed E-state index contributed by atoms with van der Waals surface area (Å²) in [7, 11) is 0. The molecule has 2 amide bonds. The summed E-state index contributed by atoms with van der Waals surface area (Å²) < 4.78 is 38.7. The molecule has 0 unspecified atom stereocenters. The number of hydrogen-bond donors (Lipinski definition) is 2. The highest BCUT2D eigenvalue weighted by molar-refractivity contribution is 5.94. The summed E-state index contributed by atoms with van der Waals surface area (Å²) in [6, 6.07) is 5.05. The minimum Gasteiger partial charge on any atom is -0.348 e. The van der Waals surface area contributed by atoms with E-state index in [1.165, 1.54) is 13.0 Å². The number of hydrogen-bond acceptors (Lipinski definition) is 4. The zero-order chi connectivity index (χ0) is 20.5. The molecule has 0 saturated heterocycles. The van der Waals surface area contributed by atoms with Gasteiger partial charge in [-0.2, -0.15) is 13.2 Å². The number of aromatic nitrogens is 2. The fourth-order valence-corrected chi connectivity index (χ4v) is 3.51. The molecule has 1 aromatic heterocycles. The van der Waals surface area contributed by atoms with Crippen LogP contribution in [0.5, 0.6) is 0 Å². The fraction of sp³-hybridized carbons (Fsp3) is 0.421. The molecule has 1 aliphatic carbocycles. The Hall–Kier alpha value is -2.68. The molecule has 1 aromatic carbocycles. The Balaban J connectivity index is 1.68. The summed E-state index contributed by atoms with van der Waals surface area (Å²) >= 11 is 0. The van der Waals surface area contributed by atoms with Crippen molar-refractivity contribution in [1.82, 2.24) is 15.0 Å². The summed E-state index contributed by atoms with van der Waals surface area (Å²) in [5.74, 6) is 5.07. The van der Waals surface area contributed by atoms with Gasteiger partial charge in [0, 0.05) is 30.5 Å². The maximum atomic E-state index is 12.9. The Bertz CT molecular complexity index is 870. The van der Waals surface area contributed by atoms with Crippen LogP contribution in [0.25, 0.3) is 11.3 Å². The minimum absolute atomic E-state index is 0.0761. The third-order valence-electron chi connectivity index (χ3n) is 5.12. The fourth-order valence-electron chi connectivity index (χ4n) is 3.51. The number of rotatable bonds is 3. The quantitative estimate of drug-likeness (QED) is 0.473. The molecule has 0 aliphatic heterocycles. The zero-order valence-corrected chi connectivity index (χ0v) is 15.3. The van der Waals surface area contributed by atoms with Crippen molar-refractivity contribution >= 4 is 11.8 Å². The maximum Gasteiger partial charge on any atom is 0.416 e. The lowest BCUT2D eigenvalue weighted by molar-refractivity contribution is -0.147. The first-order chi connectivity index (χ1) is 13.2. The van der Waals surface area contributed by atoms with Crippen LogP contribution in [-0.4, -0.2) is 26.8 Å². The van der Waals surface area contributed by atoms with Gasteiger partial charge in [0.25, 0.3) is 0 Å². The van der Waals surface area contributed by atoms with E-state index in [1.807, 2.05) is 0 Å². The van der Waals surface area contributed by atoms with Crippen molar-refractivity contribution in [2.75, 3.05) is 0 Å².